The second-order valence-electron chi connectivity index (χ2n) is 5.84. The lowest BCUT2D eigenvalue weighted by atomic mass is 9.53. The predicted octanol–water partition coefficient (Wildman–Crippen LogP) is 3.08. The van der Waals surface area contributed by atoms with Crippen LogP contribution in [0, 0.1) is 17.8 Å². The van der Waals surface area contributed by atoms with E-state index in [1.54, 1.807) is 0 Å². The van der Waals surface area contributed by atoms with Crippen LogP contribution in [0.5, 0.6) is 0 Å². The zero-order chi connectivity index (χ0) is 9.60. The van der Waals surface area contributed by atoms with Crippen molar-refractivity contribution in [3.63, 3.8) is 0 Å². The molecule has 4 rings (SSSR count). The summed E-state index contributed by atoms with van der Waals surface area (Å²) in [6.45, 7) is 2.10. The number of allylic oxidation sites excluding steroid dienone is 1. The first-order chi connectivity index (χ1) is 6.80. The van der Waals surface area contributed by atoms with Crippen LogP contribution in [0.15, 0.2) is 12.3 Å². The van der Waals surface area contributed by atoms with Crippen molar-refractivity contribution in [1.82, 2.24) is 5.32 Å². The van der Waals surface area contributed by atoms with Crippen LogP contribution >= 0.6 is 0 Å². The summed E-state index contributed by atoms with van der Waals surface area (Å²) in [6, 6.07) is 0. The van der Waals surface area contributed by atoms with Crippen molar-refractivity contribution in [2.45, 2.75) is 51.0 Å². The van der Waals surface area contributed by atoms with Gasteiger partial charge in [0.15, 0.2) is 0 Å². The molecule has 0 aromatic heterocycles. The minimum atomic E-state index is 0.515. The maximum absolute atomic E-state index is 3.70. The van der Waals surface area contributed by atoms with Gasteiger partial charge < -0.3 is 5.32 Å². The summed E-state index contributed by atoms with van der Waals surface area (Å²) in [6.07, 6.45) is 13.3. The molecule has 14 heavy (non-hydrogen) atoms. The van der Waals surface area contributed by atoms with E-state index in [0.29, 0.717) is 5.54 Å². The Labute approximate surface area is 87.0 Å². The molecule has 0 radical (unpaired) electrons. The van der Waals surface area contributed by atoms with Crippen molar-refractivity contribution in [2.24, 2.45) is 17.8 Å². The lowest BCUT2D eigenvalue weighted by molar-refractivity contribution is -0.0130. The summed E-state index contributed by atoms with van der Waals surface area (Å²) in [5.74, 6) is 3.16. The van der Waals surface area contributed by atoms with Crippen LogP contribution in [0.2, 0.25) is 0 Å². The van der Waals surface area contributed by atoms with E-state index in [-0.39, 0.29) is 0 Å². The Balaban J connectivity index is 1.80. The monoisotopic (exact) mass is 191 g/mol. The second-order valence-corrected chi connectivity index (χ2v) is 5.84. The van der Waals surface area contributed by atoms with Gasteiger partial charge in [-0.05, 0) is 69.4 Å². The molecule has 1 nitrogen and oxygen atoms in total. The second kappa shape index (κ2) is 3.01. The van der Waals surface area contributed by atoms with Crippen molar-refractivity contribution < 1.29 is 0 Å². The third-order valence-corrected chi connectivity index (χ3v) is 4.59. The Hall–Kier alpha value is -0.460. The van der Waals surface area contributed by atoms with E-state index in [1.807, 2.05) is 0 Å². The normalized spacial score (nSPS) is 50.2. The van der Waals surface area contributed by atoms with Gasteiger partial charge in [0.05, 0.1) is 0 Å². The van der Waals surface area contributed by atoms with Gasteiger partial charge in [-0.1, -0.05) is 6.08 Å². The fraction of sp³-hybridized carbons (Fsp3) is 0.846. The first kappa shape index (κ1) is 8.82. The quantitative estimate of drug-likeness (QED) is 0.707. The highest BCUT2D eigenvalue weighted by Gasteiger charge is 2.50. The third kappa shape index (κ3) is 1.29. The molecule has 0 amide bonds. The number of rotatable bonds is 2. The van der Waals surface area contributed by atoms with E-state index in [9.17, 15) is 0 Å². The Kier molecular flexibility index (Phi) is 1.90. The van der Waals surface area contributed by atoms with Gasteiger partial charge in [0.2, 0.25) is 0 Å². The first-order valence-electron chi connectivity index (χ1n) is 6.18. The molecule has 0 aromatic rings. The molecule has 0 unspecified atom stereocenters. The van der Waals surface area contributed by atoms with Gasteiger partial charge in [0.25, 0.3) is 0 Å². The zero-order valence-electron chi connectivity index (χ0n) is 9.13. The molecule has 0 saturated heterocycles. The molecule has 0 aliphatic heterocycles. The van der Waals surface area contributed by atoms with E-state index in [4.69, 9.17) is 0 Å². The summed E-state index contributed by atoms with van der Waals surface area (Å²) in [4.78, 5) is 0. The fourth-order valence-corrected chi connectivity index (χ4v) is 4.55. The zero-order valence-corrected chi connectivity index (χ0v) is 9.13. The number of hydrogen-bond acceptors (Lipinski definition) is 1. The summed E-state index contributed by atoms with van der Waals surface area (Å²) < 4.78 is 0. The van der Waals surface area contributed by atoms with Gasteiger partial charge in [-0.3, -0.25) is 0 Å². The van der Waals surface area contributed by atoms with E-state index in [0.717, 1.165) is 17.8 Å². The first-order valence-corrected chi connectivity index (χ1v) is 6.18. The highest BCUT2D eigenvalue weighted by Crippen LogP contribution is 2.55. The molecule has 1 heteroatoms. The van der Waals surface area contributed by atoms with E-state index in [1.165, 1.54) is 38.5 Å². The molecule has 4 saturated carbocycles. The maximum Gasteiger partial charge on any atom is 0.0376 e. The number of hydrogen-bond donors (Lipinski definition) is 1. The van der Waals surface area contributed by atoms with Crippen LogP contribution in [0.3, 0.4) is 0 Å². The molecule has 0 atom stereocenters. The Morgan fingerprint density at radius 2 is 1.50 bits per heavy atom. The van der Waals surface area contributed by atoms with Crippen molar-refractivity contribution >= 4 is 0 Å². The molecule has 4 aliphatic carbocycles. The molecule has 1 N–H and O–H groups in total. The van der Waals surface area contributed by atoms with Crippen molar-refractivity contribution in [3.8, 4) is 0 Å². The maximum atomic E-state index is 3.70. The van der Waals surface area contributed by atoms with Crippen molar-refractivity contribution in [3.05, 3.63) is 12.3 Å². The highest BCUT2D eigenvalue weighted by atomic mass is 15.0. The SMILES string of the molecule is CC=CNC12CC3CC(CC(C3)C1)C2. The summed E-state index contributed by atoms with van der Waals surface area (Å²) in [5.41, 5.74) is 0.515. The molecule has 4 fully saturated rings. The van der Waals surface area contributed by atoms with Gasteiger partial charge in [-0.25, -0.2) is 0 Å². The van der Waals surface area contributed by atoms with Gasteiger partial charge in [0.1, 0.15) is 0 Å². The average Bonchev–Trinajstić information content (AvgIpc) is 2.12. The molecule has 78 valence electrons. The van der Waals surface area contributed by atoms with Gasteiger partial charge in [0, 0.05) is 5.54 Å². The van der Waals surface area contributed by atoms with Gasteiger partial charge >= 0.3 is 0 Å². The molecule has 0 heterocycles. The molecule has 4 bridgehead atoms. The van der Waals surface area contributed by atoms with Gasteiger partial charge in [-0.2, -0.15) is 0 Å². The van der Waals surface area contributed by atoms with Crippen molar-refractivity contribution in [2.75, 3.05) is 0 Å². The third-order valence-electron chi connectivity index (χ3n) is 4.59. The van der Waals surface area contributed by atoms with Crippen LogP contribution in [0.1, 0.15) is 45.4 Å². The van der Waals surface area contributed by atoms with E-state index < -0.39 is 0 Å². The van der Waals surface area contributed by atoms with Crippen molar-refractivity contribution in [1.29, 1.82) is 0 Å². The predicted molar refractivity (Wildman–Crippen MR) is 58.9 cm³/mol. The smallest absolute Gasteiger partial charge is 0.0376 e. The van der Waals surface area contributed by atoms with E-state index in [2.05, 4.69) is 24.5 Å². The summed E-state index contributed by atoms with van der Waals surface area (Å²) in [7, 11) is 0. The van der Waals surface area contributed by atoms with Crippen LogP contribution in [-0.4, -0.2) is 5.54 Å². The standard InChI is InChI=1S/C13H21N/c1-2-3-14-13-7-10-4-11(8-13)6-12(5-10)9-13/h2-3,10-12,14H,4-9H2,1H3. The Bertz CT molecular complexity index is 219. The lowest BCUT2D eigenvalue weighted by Crippen LogP contribution is -2.56. The van der Waals surface area contributed by atoms with Crippen LogP contribution in [0.4, 0.5) is 0 Å². The minimum Gasteiger partial charge on any atom is -0.386 e. The number of nitrogens with one attached hydrogen (secondary N) is 1. The molecule has 0 spiro atoms. The fourth-order valence-electron chi connectivity index (χ4n) is 4.55. The van der Waals surface area contributed by atoms with Crippen LogP contribution in [-0.2, 0) is 0 Å². The molecular formula is C13H21N. The lowest BCUT2D eigenvalue weighted by Gasteiger charge is -2.56. The highest BCUT2D eigenvalue weighted by molar-refractivity contribution is 5.08. The summed E-state index contributed by atoms with van der Waals surface area (Å²) in [5, 5.41) is 3.70. The average molecular weight is 191 g/mol. The van der Waals surface area contributed by atoms with Crippen LogP contribution in [0.25, 0.3) is 0 Å². The topological polar surface area (TPSA) is 12.0 Å². The molecule has 4 aliphatic rings. The Morgan fingerprint density at radius 3 is 1.93 bits per heavy atom. The molecule has 0 aromatic carbocycles. The molecular weight excluding hydrogens is 170 g/mol. The Morgan fingerprint density at radius 1 is 1.00 bits per heavy atom. The largest absolute Gasteiger partial charge is 0.386 e. The minimum absolute atomic E-state index is 0.515. The van der Waals surface area contributed by atoms with E-state index >= 15 is 0 Å². The van der Waals surface area contributed by atoms with Gasteiger partial charge in [-0.15, -0.1) is 0 Å². The summed E-state index contributed by atoms with van der Waals surface area (Å²) >= 11 is 0. The van der Waals surface area contributed by atoms with Crippen LogP contribution < -0.4 is 5.32 Å².